The third-order valence-corrected chi connectivity index (χ3v) is 4.56. The van der Waals surface area contributed by atoms with Gasteiger partial charge in [0, 0.05) is 10.6 Å². The molecule has 1 heterocycles. The maximum atomic E-state index is 6.11. The van der Waals surface area contributed by atoms with E-state index in [0.29, 0.717) is 15.9 Å². The van der Waals surface area contributed by atoms with E-state index in [9.17, 15) is 0 Å². The zero-order chi connectivity index (χ0) is 14.8. The second kappa shape index (κ2) is 6.38. The fourth-order valence-corrected chi connectivity index (χ4v) is 3.03. The van der Waals surface area contributed by atoms with Crippen LogP contribution >= 0.6 is 35.0 Å². The molecule has 0 amide bonds. The first kappa shape index (κ1) is 15.7. The van der Waals surface area contributed by atoms with Gasteiger partial charge in [-0.2, -0.15) is 0 Å². The molecular formula is C16H17Cl2NS. The number of halogens is 2. The third kappa shape index (κ3) is 4.15. The lowest BCUT2D eigenvalue weighted by Crippen LogP contribution is -2.10. The van der Waals surface area contributed by atoms with E-state index in [1.54, 1.807) is 23.9 Å². The van der Waals surface area contributed by atoms with Crippen LogP contribution in [0.3, 0.4) is 0 Å². The lowest BCUT2D eigenvalue weighted by Gasteiger charge is -2.19. The summed E-state index contributed by atoms with van der Waals surface area (Å²) in [7, 11) is 0. The van der Waals surface area contributed by atoms with E-state index < -0.39 is 0 Å². The Labute approximate surface area is 134 Å². The molecule has 0 radical (unpaired) electrons. The van der Waals surface area contributed by atoms with Crippen molar-refractivity contribution in [2.24, 2.45) is 0 Å². The van der Waals surface area contributed by atoms with Gasteiger partial charge in [-0.15, -0.1) is 11.8 Å². The van der Waals surface area contributed by atoms with Crippen LogP contribution in [-0.2, 0) is 11.2 Å². The molecule has 1 nitrogen and oxygen atoms in total. The molecule has 1 aromatic carbocycles. The molecule has 0 aliphatic heterocycles. The Balaban J connectivity index is 2.06. The molecule has 20 heavy (non-hydrogen) atoms. The molecule has 1 aromatic heterocycles. The fraction of sp³-hybridized carbons (Fsp3) is 0.312. The fourth-order valence-electron chi connectivity index (χ4n) is 1.76. The molecule has 106 valence electrons. The van der Waals surface area contributed by atoms with Crippen molar-refractivity contribution in [1.29, 1.82) is 0 Å². The van der Waals surface area contributed by atoms with Crippen molar-refractivity contribution in [2.75, 3.05) is 0 Å². The smallest absolute Gasteiger partial charge is 0.129 e. The molecule has 0 atom stereocenters. The minimum atomic E-state index is 0.182. The SMILES string of the molecule is CC(C)(C)c1ccc(SCc2nc(Cl)ccc2Cl)cc1. The van der Waals surface area contributed by atoms with Crippen molar-refractivity contribution < 1.29 is 0 Å². The van der Waals surface area contributed by atoms with Crippen molar-refractivity contribution in [3.8, 4) is 0 Å². The number of thioether (sulfide) groups is 1. The normalized spacial score (nSPS) is 11.7. The second-order valence-electron chi connectivity index (χ2n) is 5.63. The van der Waals surface area contributed by atoms with E-state index in [2.05, 4.69) is 50.0 Å². The highest BCUT2D eigenvalue weighted by atomic mass is 35.5. The topological polar surface area (TPSA) is 12.9 Å². The molecule has 2 rings (SSSR count). The number of nitrogens with zero attached hydrogens (tertiary/aromatic N) is 1. The molecule has 0 fully saturated rings. The lowest BCUT2D eigenvalue weighted by atomic mass is 9.87. The van der Waals surface area contributed by atoms with Crippen LogP contribution in [0.4, 0.5) is 0 Å². The summed E-state index contributed by atoms with van der Waals surface area (Å²) in [6.07, 6.45) is 0. The molecule has 4 heteroatoms. The Bertz CT molecular complexity index is 588. The number of rotatable bonds is 3. The van der Waals surface area contributed by atoms with Crippen LogP contribution in [0.25, 0.3) is 0 Å². The first-order chi connectivity index (χ1) is 9.36. The summed E-state index contributed by atoms with van der Waals surface area (Å²) < 4.78 is 0. The molecule has 2 aromatic rings. The van der Waals surface area contributed by atoms with Gasteiger partial charge in [-0.3, -0.25) is 0 Å². The minimum Gasteiger partial charge on any atom is -0.239 e. The molecule has 0 N–H and O–H groups in total. The quantitative estimate of drug-likeness (QED) is 0.508. The molecule has 0 unspecified atom stereocenters. The van der Waals surface area contributed by atoms with Gasteiger partial charge in [0.25, 0.3) is 0 Å². The highest BCUT2D eigenvalue weighted by molar-refractivity contribution is 7.98. The Morgan fingerprint density at radius 3 is 2.25 bits per heavy atom. The van der Waals surface area contributed by atoms with Crippen molar-refractivity contribution in [2.45, 2.75) is 36.8 Å². The van der Waals surface area contributed by atoms with Crippen LogP contribution in [-0.4, -0.2) is 4.98 Å². The van der Waals surface area contributed by atoms with E-state index in [0.717, 1.165) is 5.69 Å². The Kier molecular flexibility index (Phi) is 5.00. The van der Waals surface area contributed by atoms with E-state index in [1.165, 1.54) is 10.5 Å². The van der Waals surface area contributed by atoms with Gasteiger partial charge in [0.05, 0.1) is 10.7 Å². The number of hydrogen-bond acceptors (Lipinski definition) is 2. The number of pyridine rings is 1. The summed E-state index contributed by atoms with van der Waals surface area (Å²) in [6.45, 7) is 6.64. The standard InChI is InChI=1S/C16H17Cl2NS/c1-16(2,3)11-4-6-12(7-5-11)20-10-14-13(17)8-9-15(18)19-14/h4-9H,10H2,1-3H3. The highest BCUT2D eigenvalue weighted by Gasteiger charge is 2.13. The molecule has 0 aliphatic rings. The molecule has 0 bridgehead atoms. The van der Waals surface area contributed by atoms with E-state index >= 15 is 0 Å². The van der Waals surface area contributed by atoms with Crippen LogP contribution in [0.2, 0.25) is 10.2 Å². The van der Waals surface area contributed by atoms with Gasteiger partial charge in [0.15, 0.2) is 0 Å². The predicted molar refractivity (Wildman–Crippen MR) is 89.0 cm³/mol. The van der Waals surface area contributed by atoms with Gasteiger partial charge < -0.3 is 0 Å². The summed E-state index contributed by atoms with van der Waals surface area (Å²) in [4.78, 5) is 5.46. The molecule has 0 saturated carbocycles. The lowest BCUT2D eigenvalue weighted by molar-refractivity contribution is 0.590. The first-order valence-corrected chi connectivity index (χ1v) is 8.15. The van der Waals surface area contributed by atoms with E-state index in [1.807, 2.05) is 0 Å². The van der Waals surface area contributed by atoms with Crippen LogP contribution in [0.1, 0.15) is 32.0 Å². The number of aromatic nitrogens is 1. The average molecular weight is 326 g/mol. The van der Waals surface area contributed by atoms with Crippen LogP contribution in [0.15, 0.2) is 41.3 Å². The monoisotopic (exact) mass is 325 g/mol. The zero-order valence-corrected chi connectivity index (χ0v) is 14.1. The molecule has 0 saturated heterocycles. The van der Waals surface area contributed by atoms with Crippen molar-refractivity contribution in [3.63, 3.8) is 0 Å². The average Bonchev–Trinajstić information content (AvgIpc) is 2.39. The van der Waals surface area contributed by atoms with Crippen molar-refractivity contribution >= 4 is 35.0 Å². The van der Waals surface area contributed by atoms with Gasteiger partial charge >= 0.3 is 0 Å². The first-order valence-electron chi connectivity index (χ1n) is 6.40. The van der Waals surface area contributed by atoms with Crippen LogP contribution < -0.4 is 0 Å². The number of hydrogen-bond donors (Lipinski definition) is 0. The van der Waals surface area contributed by atoms with Crippen LogP contribution in [0, 0.1) is 0 Å². The van der Waals surface area contributed by atoms with Crippen molar-refractivity contribution in [1.82, 2.24) is 4.98 Å². The van der Waals surface area contributed by atoms with Crippen LogP contribution in [0.5, 0.6) is 0 Å². The Morgan fingerprint density at radius 1 is 1.00 bits per heavy atom. The highest BCUT2D eigenvalue weighted by Crippen LogP contribution is 2.29. The maximum absolute atomic E-state index is 6.11. The maximum Gasteiger partial charge on any atom is 0.129 e. The van der Waals surface area contributed by atoms with Gasteiger partial charge in [0.2, 0.25) is 0 Å². The van der Waals surface area contributed by atoms with Gasteiger partial charge in [-0.1, -0.05) is 56.1 Å². The summed E-state index contributed by atoms with van der Waals surface area (Å²) >= 11 is 13.7. The Hall–Kier alpha value is -0.700. The Morgan fingerprint density at radius 2 is 1.65 bits per heavy atom. The van der Waals surface area contributed by atoms with Crippen molar-refractivity contribution in [3.05, 3.63) is 57.8 Å². The van der Waals surface area contributed by atoms with E-state index in [-0.39, 0.29) is 5.41 Å². The van der Waals surface area contributed by atoms with Gasteiger partial charge in [-0.25, -0.2) is 4.98 Å². The summed E-state index contributed by atoms with van der Waals surface area (Å²) in [5.74, 6) is 0.717. The number of benzene rings is 1. The second-order valence-corrected chi connectivity index (χ2v) is 7.47. The molecule has 0 spiro atoms. The zero-order valence-electron chi connectivity index (χ0n) is 11.8. The largest absolute Gasteiger partial charge is 0.239 e. The predicted octanol–water partition coefficient (Wildman–Crippen LogP) is 5.98. The minimum absolute atomic E-state index is 0.182. The van der Waals surface area contributed by atoms with E-state index in [4.69, 9.17) is 23.2 Å². The third-order valence-electron chi connectivity index (χ3n) is 2.98. The van der Waals surface area contributed by atoms with Gasteiger partial charge in [0.1, 0.15) is 5.15 Å². The molecular weight excluding hydrogens is 309 g/mol. The summed E-state index contributed by atoms with van der Waals surface area (Å²) in [6, 6.07) is 12.1. The van der Waals surface area contributed by atoms with Gasteiger partial charge in [-0.05, 0) is 35.2 Å². The summed E-state index contributed by atoms with van der Waals surface area (Å²) in [5.41, 5.74) is 2.34. The molecule has 0 aliphatic carbocycles. The summed E-state index contributed by atoms with van der Waals surface area (Å²) in [5, 5.41) is 1.14.